The van der Waals surface area contributed by atoms with Crippen LogP contribution in [0.15, 0.2) is 59.4 Å². The summed E-state index contributed by atoms with van der Waals surface area (Å²) in [6.45, 7) is 5.55. The first-order valence-electron chi connectivity index (χ1n) is 9.56. The number of benzene rings is 2. The summed E-state index contributed by atoms with van der Waals surface area (Å²) in [6, 6.07) is 14.8. The van der Waals surface area contributed by atoms with E-state index in [-0.39, 0.29) is 23.8 Å². The molecule has 6 nitrogen and oxygen atoms in total. The Balaban J connectivity index is 1.80. The van der Waals surface area contributed by atoms with Gasteiger partial charge in [-0.25, -0.2) is 9.07 Å². The van der Waals surface area contributed by atoms with Gasteiger partial charge in [0.1, 0.15) is 18.0 Å². The van der Waals surface area contributed by atoms with Gasteiger partial charge in [0.25, 0.3) is 5.56 Å². The maximum absolute atomic E-state index is 13.1. The molecule has 0 bridgehead atoms. The maximum Gasteiger partial charge on any atom is 0.252 e. The second kappa shape index (κ2) is 7.59. The number of nitrogens with one attached hydrogen (secondary N) is 1. The molecule has 0 unspecified atom stereocenters. The highest BCUT2D eigenvalue weighted by atomic mass is 19.1. The minimum Gasteiger partial charge on any atom is -0.325 e. The monoisotopic (exact) mass is 404 g/mol. The molecule has 2 aromatic heterocycles. The Labute approximate surface area is 172 Å². The van der Waals surface area contributed by atoms with E-state index >= 15 is 0 Å². The number of aryl methyl sites for hydroxylation is 3. The van der Waals surface area contributed by atoms with E-state index in [2.05, 4.69) is 10.4 Å². The summed E-state index contributed by atoms with van der Waals surface area (Å²) < 4.78 is 16.2. The van der Waals surface area contributed by atoms with E-state index in [4.69, 9.17) is 0 Å². The number of anilines is 1. The number of amides is 1. The normalized spacial score (nSPS) is 11.1. The van der Waals surface area contributed by atoms with Gasteiger partial charge in [-0.3, -0.25) is 14.2 Å². The highest BCUT2D eigenvalue weighted by Crippen LogP contribution is 2.24. The van der Waals surface area contributed by atoms with Gasteiger partial charge >= 0.3 is 0 Å². The van der Waals surface area contributed by atoms with Crippen molar-refractivity contribution in [2.45, 2.75) is 27.3 Å². The number of halogens is 1. The molecule has 1 N–H and O–H groups in total. The fraction of sp³-hybridized carbons (Fsp3) is 0.174. The molecule has 0 aliphatic carbocycles. The SMILES string of the molecule is Cc1ccc(-n2nc(C)c3c(C)cc(=O)n(CC(=O)Nc4ccc(F)cc4)c32)cc1. The molecular weight excluding hydrogens is 383 g/mol. The lowest BCUT2D eigenvalue weighted by Crippen LogP contribution is -2.29. The second-order valence-corrected chi connectivity index (χ2v) is 7.34. The van der Waals surface area contributed by atoms with Crippen LogP contribution in [0.5, 0.6) is 0 Å². The van der Waals surface area contributed by atoms with Crippen LogP contribution in [0.3, 0.4) is 0 Å². The van der Waals surface area contributed by atoms with Crippen LogP contribution in [0.1, 0.15) is 16.8 Å². The van der Waals surface area contributed by atoms with Gasteiger partial charge in [-0.05, 0) is 62.7 Å². The lowest BCUT2D eigenvalue weighted by atomic mass is 10.1. The molecule has 2 heterocycles. The summed E-state index contributed by atoms with van der Waals surface area (Å²) in [6.07, 6.45) is 0. The predicted molar refractivity (Wildman–Crippen MR) is 115 cm³/mol. The van der Waals surface area contributed by atoms with Crippen molar-refractivity contribution in [2.75, 3.05) is 5.32 Å². The third-order valence-corrected chi connectivity index (χ3v) is 5.00. The molecule has 0 aliphatic heterocycles. The predicted octanol–water partition coefficient (Wildman–Crippen LogP) is 3.89. The fourth-order valence-corrected chi connectivity index (χ4v) is 3.56. The highest BCUT2D eigenvalue weighted by Gasteiger charge is 2.18. The molecular formula is C23H21FN4O2. The van der Waals surface area contributed by atoms with Gasteiger partial charge in [0.05, 0.1) is 11.4 Å². The molecule has 0 radical (unpaired) electrons. The molecule has 2 aromatic carbocycles. The number of hydrogen-bond acceptors (Lipinski definition) is 3. The zero-order chi connectivity index (χ0) is 21.4. The molecule has 4 aromatic rings. The van der Waals surface area contributed by atoms with E-state index in [0.717, 1.165) is 27.9 Å². The van der Waals surface area contributed by atoms with Crippen LogP contribution >= 0.6 is 0 Å². The quantitative estimate of drug-likeness (QED) is 0.561. The minimum absolute atomic E-state index is 0.190. The van der Waals surface area contributed by atoms with Crippen molar-refractivity contribution in [2.24, 2.45) is 0 Å². The molecule has 0 aliphatic rings. The zero-order valence-electron chi connectivity index (χ0n) is 16.9. The van der Waals surface area contributed by atoms with Crippen LogP contribution in [0.2, 0.25) is 0 Å². The van der Waals surface area contributed by atoms with Gasteiger partial charge in [-0.15, -0.1) is 0 Å². The van der Waals surface area contributed by atoms with E-state index in [0.29, 0.717) is 11.3 Å². The van der Waals surface area contributed by atoms with E-state index in [1.54, 1.807) is 4.68 Å². The van der Waals surface area contributed by atoms with Gasteiger partial charge < -0.3 is 5.32 Å². The number of rotatable bonds is 4. The van der Waals surface area contributed by atoms with Crippen LogP contribution in [0.25, 0.3) is 16.7 Å². The van der Waals surface area contributed by atoms with Gasteiger partial charge in [0.15, 0.2) is 0 Å². The number of pyridine rings is 1. The summed E-state index contributed by atoms with van der Waals surface area (Å²) in [7, 11) is 0. The summed E-state index contributed by atoms with van der Waals surface area (Å²) in [4.78, 5) is 25.5. The number of carbonyl (C=O) groups is 1. The van der Waals surface area contributed by atoms with E-state index in [9.17, 15) is 14.0 Å². The van der Waals surface area contributed by atoms with Crippen molar-refractivity contribution in [1.82, 2.24) is 14.3 Å². The first-order valence-corrected chi connectivity index (χ1v) is 9.56. The first kappa shape index (κ1) is 19.6. The Morgan fingerprint density at radius 3 is 2.37 bits per heavy atom. The minimum atomic E-state index is -0.387. The molecule has 0 saturated heterocycles. The van der Waals surface area contributed by atoms with Crippen LogP contribution in [0, 0.1) is 26.6 Å². The first-order chi connectivity index (χ1) is 14.3. The van der Waals surface area contributed by atoms with Crippen molar-refractivity contribution < 1.29 is 9.18 Å². The summed E-state index contributed by atoms with van der Waals surface area (Å²) >= 11 is 0. The number of nitrogens with zero attached hydrogens (tertiary/aromatic N) is 3. The third-order valence-electron chi connectivity index (χ3n) is 5.00. The molecule has 7 heteroatoms. The van der Waals surface area contributed by atoms with Crippen molar-refractivity contribution in [3.63, 3.8) is 0 Å². The van der Waals surface area contributed by atoms with Gasteiger partial charge in [-0.1, -0.05) is 17.7 Å². The van der Waals surface area contributed by atoms with E-state index in [1.807, 2.05) is 45.0 Å². The molecule has 4 rings (SSSR count). The maximum atomic E-state index is 13.1. The molecule has 0 fully saturated rings. The van der Waals surface area contributed by atoms with Crippen molar-refractivity contribution >= 4 is 22.6 Å². The van der Waals surface area contributed by atoms with Crippen LogP contribution in [-0.4, -0.2) is 20.3 Å². The smallest absolute Gasteiger partial charge is 0.252 e. The van der Waals surface area contributed by atoms with Crippen LogP contribution in [-0.2, 0) is 11.3 Å². The Hall–Kier alpha value is -3.74. The Morgan fingerprint density at radius 1 is 1.03 bits per heavy atom. The molecule has 152 valence electrons. The van der Waals surface area contributed by atoms with Gasteiger partial charge in [0, 0.05) is 17.1 Å². The standard InChI is InChI=1S/C23H21FN4O2/c1-14-4-10-19(11-5-14)28-23-22(16(3)26-28)15(2)12-21(30)27(23)13-20(29)25-18-8-6-17(24)7-9-18/h4-12H,13H2,1-3H3,(H,25,29). The fourth-order valence-electron chi connectivity index (χ4n) is 3.56. The summed E-state index contributed by atoms with van der Waals surface area (Å²) in [5, 5.41) is 8.18. The second-order valence-electron chi connectivity index (χ2n) is 7.34. The average Bonchev–Trinajstić information content (AvgIpc) is 3.05. The molecule has 0 spiro atoms. The highest BCUT2D eigenvalue weighted by molar-refractivity contribution is 5.92. The summed E-state index contributed by atoms with van der Waals surface area (Å²) in [5.41, 5.74) is 4.23. The van der Waals surface area contributed by atoms with E-state index in [1.165, 1.54) is 34.9 Å². The Kier molecular flexibility index (Phi) is 4.95. The Bertz CT molecular complexity index is 1300. The molecule has 30 heavy (non-hydrogen) atoms. The number of aromatic nitrogens is 3. The van der Waals surface area contributed by atoms with Crippen molar-refractivity contribution in [1.29, 1.82) is 0 Å². The van der Waals surface area contributed by atoms with Crippen LogP contribution < -0.4 is 10.9 Å². The molecule has 0 saturated carbocycles. The average molecular weight is 404 g/mol. The van der Waals surface area contributed by atoms with Crippen molar-refractivity contribution in [3.05, 3.63) is 87.6 Å². The lowest BCUT2D eigenvalue weighted by molar-refractivity contribution is -0.116. The van der Waals surface area contributed by atoms with E-state index < -0.39 is 0 Å². The largest absolute Gasteiger partial charge is 0.325 e. The number of carbonyl (C=O) groups excluding carboxylic acids is 1. The number of hydrogen-bond donors (Lipinski definition) is 1. The lowest BCUT2D eigenvalue weighted by Gasteiger charge is -2.13. The topological polar surface area (TPSA) is 68.9 Å². The number of fused-ring (bicyclic) bond motifs is 1. The molecule has 0 atom stereocenters. The Morgan fingerprint density at radius 2 is 1.70 bits per heavy atom. The summed E-state index contributed by atoms with van der Waals surface area (Å²) in [5.74, 6) is -0.773. The molecule has 1 amide bonds. The van der Waals surface area contributed by atoms with Gasteiger partial charge in [-0.2, -0.15) is 5.10 Å². The third kappa shape index (κ3) is 3.61. The van der Waals surface area contributed by atoms with Crippen LogP contribution in [0.4, 0.5) is 10.1 Å². The van der Waals surface area contributed by atoms with Crippen molar-refractivity contribution in [3.8, 4) is 5.69 Å². The van der Waals surface area contributed by atoms with Gasteiger partial charge in [0.2, 0.25) is 5.91 Å². The zero-order valence-corrected chi connectivity index (χ0v) is 16.9.